The minimum absolute atomic E-state index is 0.162. The summed E-state index contributed by atoms with van der Waals surface area (Å²) in [5.41, 5.74) is 1.02. The maximum absolute atomic E-state index is 5.91. The Bertz CT molecular complexity index is 432. The Morgan fingerprint density at radius 1 is 1.59 bits per heavy atom. The predicted octanol–water partition coefficient (Wildman–Crippen LogP) is 2.64. The van der Waals surface area contributed by atoms with Crippen LogP contribution in [0, 0.1) is 25.2 Å². The number of hydrogen-bond donors (Lipinski definition) is 1. The molecule has 0 radical (unpaired) electrons. The van der Waals surface area contributed by atoms with E-state index in [2.05, 4.69) is 11.2 Å². The van der Waals surface area contributed by atoms with Crippen LogP contribution < -0.4 is 10.1 Å². The summed E-state index contributed by atoms with van der Waals surface area (Å²) in [7, 11) is 0. The largest absolute Gasteiger partial charge is 0.477 e. The molecule has 2 atom stereocenters. The van der Waals surface area contributed by atoms with Crippen LogP contribution in [0.3, 0.4) is 0 Å². The van der Waals surface area contributed by atoms with Crippen LogP contribution in [0.5, 0.6) is 5.75 Å². The molecule has 1 aliphatic heterocycles. The quantitative estimate of drug-likeness (QED) is 0.832. The molecule has 0 amide bonds. The second-order valence-corrected chi connectivity index (χ2v) is 4.80. The van der Waals surface area contributed by atoms with Crippen LogP contribution in [-0.4, -0.2) is 19.2 Å². The minimum Gasteiger partial charge on any atom is -0.477 e. The first-order valence-electron chi connectivity index (χ1n) is 5.80. The van der Waals surface area contributed by atoms with E-state index in [1.165, 1.54) is 0 Å². The van der Waals surface area contributed by atoms with Gasteiger partial charge in [0.15, 0.2) is 6.10 Å². The van der Waals surface area contributed by atoms with Gasteiger partial charge in [0.05, 0.1) is 0 Å². The van der Waals surface area contributed by atoms with Crippen molar-refractivity contribution in [3.63, 3.8) is 0 Å². The minimum atomic E-state index is -0.162. The van der Waals surface area contributed by atoms with E-state index in [0.717, 1.165) is 35.8 Å². The van der Waals surface area contributed by atoms with Crippen LogP contribution >= 0.6 is 11.6 Å². The molecule has 17 heavy (non-hydrogen) atoms. The van der Waals surface area contributed by atoms with Crippen molar-refractivity contribution >= 4 is 11.6 Å². The molecule has 0 unspecified atom stereocenters. The fourth-order valence-corrected chi connectivity index (χ4v) is 2.31. The molecule has 90 valence electrons. The van der Waals surface area contributed by atoms with Gasteiger partial charge in [0.25, 0.3) is 0 Å². The van der Waals surface area contributed by atoms with E-state index in [9.17, 15) is 0 Å². The number of nitrogens with one attached hydrogen (secondary N) is 1. The van der Waals surface area contributed by atoms with Crippen LogP contribution in [0.15, 0.2) is 18.2 Å². The standard InChI is InChI=1S/C14H16ClNO/c1-3-13(11-6-7-16-9-11)17-14-5-4-12(15)8-10(14)2/h1,4-5,8,11,13,16H,6-7,9H2,2H3/t11-,13+/m0/s1. The lowest BCUT2D eigenvalue weighted by molar-refractivity contribution is 0.195. The van der Waals surface area contributed by atoms with E-state index in [4.69, 9.17) is 22.8 Å². The third-order valence-corrected chi connectivity index (χ3v) is 3.32. The Morgan fingerprint density at radius 3 is 3.00 bits per heavy atom. The molecule has 0 aliphatic carbocycles. The smallest absolute Gasteiger partial charge is 0.162 e. The van der Waals surface area contributed by atoms with Crippen molar-refractivity contribution in [1.29, 1.82) is 0 Å². The molecular weight excluding hydrogens is 234 g/mol. The van der Waals surface area contributed by atoms with Crippen molar-refractivity contribution in [3.8, 4) is 18.1 Å². The van der Waals surface area contributed by atoms with Crippen LogP contribution in [0.2, 0.25) is 5.02 Å². The van der Waals surface area contributed by atoms with Crippen molar-refractivity contribution in [2.75, 3.05) is 13.1 Å². The number of benzene rings is 1. The summed E-state index contributed by atoms with van der Waals surface area (Å²) in [6.45, 7) is 3.93. The van der Waals surface area contributed by atoms with Gasteiger partial charge in [0.1, 0.15) is 5.75 Å². The normalized spacial score (nSPS) is 20.9. The van der Waals surface area contributed by atoms with Gasteiger partial charge < -0.3 is 10.1 Å². The maximum Gasteiger partial charge on any atom is 0.162 e. The second kappa shape index (κ2) is 5.44. The molecule has 2 nitrogen and oxygen atoms in total. The first-order valence-corrected chi connectivity index (χ1v) is 6.18. The van der Waals surface area contributed by atoms with E-state index in [0.29, 0.717) is 5.92 Å². The highest BCUT2D eigenvalue weighted by Gasteiger charge is 2.25. The summed E-state index contributed by atoms with van der Waals surface area (Å²) in [6, 6.07) is 5.59. The first-order chi connectivity index (χ1) is 8.20. The molecule has 1 N–H and O–H groups in total. The molecule has 1 aromatic rings. The van der Waals surface area contributed by atoms with Gasteiger partial charge >= 0.3 is 0 Å². The Morgan fingerprint density at radius 2 is 2.41 bits per heavy atom. The molecule has 1 heterocycles. The lowest BCUT2D eigenvalue weighted by Crippen LogP contribution is -2.27. The van der Waals surface area contributed by atoms with Gasteiger partial charge in [-0.15, -0.1) is 6.42 Å². The van der Waals surface area contributed by atoms with Crippen molar-refractivity contribution in [2.24, 2.45) is 5.92 Å². The third-order valence-electron chi connectivity index (χ3n) is 3.08. The molecule has 0 bridgehead atoms. The van der Waals surface area contributed by atoms with E-state index in [1.807, 2.05) is 25.1 Å². The van der Waals surface area contributed by atoms with Crippen molar-refractivity contribution in [2.45, 2.75) is 19.4 Å². The van der Waals surface area contributed by atoms with Crippen LogP contribution in [0.4, 0.5) is 0 Å². The fraction of sp³-hybridized carbons (Fsp3) is 0.429. The molecule has 0 aromatic heterocycles. The average molecular weight is 250 g/mol. The maximum atomic E-state index is 5.91. The molecule has 1 saturated heterocycles. The average Bonchev–Trinajstić information content (AvgIpc) is 2.81. The second-order valence-electron chi connectivity index (χ2n) is 4.37. The van der Waals surface area contributed by atoms with Crippen molar-refractivity contribution in [3.05, 3.63) is 28.8 Å². The molecule has 3 heteroatoms. The van der Waals surface area contributed by atoms with E-state index in [-0.39, 0.29) is 6.10 Å². The Hall–Kier alpha value is -1.17. The Balaban J connectivity index is 2.10. The van der Waals surface area contributed by atoms with Gasteiger partial charge in [0, 0.05) is 17.5 Å². The highest BCUT2D eigenvalue weighted by molar-refractivity contribution is 6.30. The zero-order chi connectivity index (χ0) is 12.3. The summed E-state index contributed by atoms with van der Waals surface area (Å²) in [5, 5.41) is 4.02. The molecule has 1 aromatic carbocycles. The zero-order valence-corrected chi connectivity index (χ0v) is 10.6. The van der Waals surface area contributed by atoms with Gasteiger partial charge in [-0.25, -0.2) is 0 Å². The first kappa shape index (κ1) is 12.3. The molecule has 1 aliphatic rings. The molecule has 0 saturated carbocycles. The Kier molecular flexibility index (Phi) is 3.93. The molecular formula is C14H16ClNO. The van der Waals surface area contributed by atoms with Crippen LogP contribution in [0.25, 0.3) is 0 Å². The van der Waals surface area contributed by atoms with Gasteiger partial charge in [-0.2, -0.15) is 0 Å². The number of halogens is 1. The molecule has 1 fully saturated rings. The number of aryl methyl sites for hydroxylation is 1. The van der Waals surface area contributed by atoms with Crippen molar-refractivity contribution in [1.82, 2.24) is 5.32 Å². The summed E-state index contributed by atoms with van der Waals surface area (Å²) in [5.74, 6) is 3.96. The highest BCUT2D eigenvalue weighted by Crippen LogP contribution is 2.25. The van der Waals surface area contributed by atoms with Crippen molar-refractivity contribution < 1.29 is 4.74 Å². The lowest BCUT2D eigenvalue weighted by Gasteiger charge is -2.20. The summed E-state index contributed by atoms with van der Waals surface area (Å²) in [4.78, 5) is 0. The number of ether oxygens (including phenoxy) is 1. The third kappa shape index (κ3) is 2.94. The SMILES string of the molecule is C#C[C@@H](Oc1ccc(Cl)cc1C)[C@H]1CCNC1. The molecule has 2 rings (SSSR count). The summed E-state index contributed by atoms with van der Waals surface area (Å²) < 4.78 is 5.90. The highest BCUT2D eigenvalue weighted by atomic mass is 35.5. The summed E-state index contributed by atoms with van der Waals surface area (Å²) in [6.07, 6.45) is 6.46. The topological polar surface area (TPSA) is 21.3 Å². The number of rotatable bonds is 3. The zero-order valence-electron chi connectivity index (χ0n) is 9.87. The van der Waals surface area contributed by atoms with Crippen LogP contribution in [0.1, 0.15) is 12.0 Å². The van der Waals surface area contributed by atoms with Gasteiger partial charge in [-0.3, -0.25) is 0 Å². The van der Waals surface area contributed by atoms with E-state index >= 15 is 0 Å². The van der Waals surface area contributed by atoms with E-state index in [1.54, 1.807) is 0 Å². The number of hydrogen-bond acceptors (Lipinski definition) is 2. The fourth-order valence-electron chi connectivity index (χ4n) is 2.08. The monoisotopic (exact) mass is 249 g/mol. The van der Waals surface area contributed by atoms with Gasteiger partial charge in [-0.05, 0) is 43.7 Å². The molecule has 0 spiro atoms. The predicted molar refractivity (Wildman–Crippen MR) is 70.4 cm³/mol. The van der Waals surface area contributed by atoms with Gasteiger partial charge in [-0.1, -0.05) is 17.5 Å². The Labute approximate surface area is 107 Å². The summed E-state index contributed by atoms with van der Waals surface area (Å²) >= 11 is 5.91. The van der Waals surface area contributed by atoms with E-state index < -0.39 is 0 Å². The lowest BCUT2D eigenvalue weighted by atomic mass is 10.0. The van der Waals surface area contributed by atoms with Crippen LogP contribution in [-0.2, 0) is 0 Å². The van der Waals surface area contributed by atoms with Gasteiger partial charge in [0.2, 0.25) is 0 Å². The number of terminal acetylenes is 1.